The highest BCUT2D eigenvalue weighted by Crippen LogP contribution is 2.12. The number of amides is 2. The van der Waals surface area contributed by atoms with Crippen LogP contribution in [0.3, 0.4) is 0 Å². The first-order chi connectivity index (χ1) is 8.90. The van der Waals surface area contributed by atoms with Gasteiger partial charge >= 0.3 is 0 Å². The van der Waals surface area contributed by atoms with Crippen LogP contribution >= 0.6 is 0 Å². The van der Waals surface area contributed by atoms with Crippen LogP contribution in [-0.4, -0.2) is 22.4 Å². The van der Waals surface area contributed by atoms with Gasteiger partial charge in [-0.15, -0.1) is 0 Å². The number of nitrogens with zero attached hydrogens (tertiary/aromatic N) is 2. The summed E-state index contributed by atoms with van der Waals surface area (Å²) in [6.45, 7) is 1.53. The molecule has 0 atom stereocenters. The van der Waals surface area contributed by atoms with Gasteiger partial charge in [0.1, 0.15) is 0 Å². The average molecular weight is 264 g/mol. The number of carbonyl (C=O) groups is 2. The molecule has 8 heteroatoms. The van der Waals surface area contributed by atoms with Crippen molar-refractivity contribution in [2.75, 3.05) is 0 Å². The minimum Gasteiger partial charge on any atom is -0.369 e. The lowest BCUT2D eigenvalue weighted by atomic mass is 10.2. The Kier molecular flexibility index (Phi) is 4.69. The van der Waals surface area contributed by atoms with E-state index in [1.165, 1.54) is 25.1 Å². The van der Waals surface area contributed by atoms with Crippen LogP contribution in [0, 0.1) is 10.1 Å². The third kappa shape index (κ3) is 4.54. The molecule has 3 N–H and O–H groups in total. The summed E-state index contributed by atoms with van der Waals surface area (Å²) in [4.78, 5) is 32.2. The van der Waals surface area contributed by atoms with Crippen molar-refractivity contribution in [1.29, 1.82) is 0 Å². The minimum atomic E-state index is -0.604. The van der Waals surface area contributed by atoms with Crippen molar-refractivity contribution in [3.8, 4) is 0 Å². The molecule has 0 fully saturated rings. The predicted molar refractivity (Wildman–Crippen MR) is 67.5 cm³/mol. The Morgan fingerprint density at radius 2 is 2.16 bits per heavy atom. The first-order valence-corrected chi connectivity index (χ1v) is 5.26. The summed E-state index contributed by atoms with van der Waals surface area (Å²) in [7, 11) is 0. The van der Waals surface area contributed by atoms with Crippen LogP contribution in [-0.2, 0) is 4.79 Å². The van der Waals surface area contributed by atoms with E-state index in [0.717, 1.165) is 6.07 Å². The van der Waals surface area contributed by atoms with E-state index in [2.05, 4.69) is 10.5 Å². The van der Waals surface area contributed by atoms with Crippen LogP contribution in [0.2, 0.25) is 0 Å². The van der Waals surface area contributed by atoms with E-state index in [1.807, 2.05) is 0 Å². The molecule has 1 aromatic rings. The second-order valence-electron chi connectivity index (χ2n) is 3.74. The second kappa shape index (κ2) is 6.24. The largest absolute Gasteiger partial charge is 0.369 e. The number of hydrogen-bond acceptors (Lipinski definition) is 5. The third-order valence-corrected chi connectivity index (χ3v) is 2.10. The molecule has 0 saturated carbocycles. The maximum atomic E-state index is 11.7. The van der Waals surface area contributed by atoms with Crippen molar-refractivity contribution in [3.63, 3.8) is 0 Å². The fourth-order valence-corrected chi connectivity index (χ4v) is 1.26. The molecule has 0 aromatic heterocycles. The maximum Gasteiger partial charge on any atom is 0.271 e. The molecule has 0 aliphatic rings. The summed E-state index contributed by atoms with van der Waals surface area (Å²) in [5.41, 5.74) is 7.40. The molecular formula is C11H12N4O4. The highest BCUT2D eigenvalue weighted by molar-refractivity contribution is 6.00. The molecule has 0 bridgehead atoms. The molecule has 0 saturated heterocycles. The average Bonchev–Trinajstić information content (AvgIpc) is 2.35. The Morgan fingerprint density at radius 1 is 1.47 bits per heavy atom. The molecule has 0 unspecified atom stereocenters. The normalized spacial score (nSPS) is 10.9. The van der Waals surface area contributed by atoms with Crippen molar-refractivity contribution in [3.05, 3.63) is 39.9 Å². The van der Waals surface area contributed by atoms with Gasteiger partial charge in [0.25, 0.3) is 11.6 Å². The summed E-state index contributed by atoms with van der Waals surface area (Å²) in [6, 6.07) is 5.22. The molecule has 0 radical (unpaired) electrons. The van der Waals surface area contributed by atoms with Gasteiger partial charge in [-0.3, -0.25) is 19.7 Å². The number of benzene rings is 1. The van der Waals surface area contributed by atoms with Crippen LogP contribution in [0.4, 0.5) is 5.69 Å². The zero-order valence-corrected chi connectivity index (χ0v) is 10.1. The summed E-state index contributed by atoms with van der Waals surface area (Å²) >= 11 is 0. The minimum absolute atomic E-state index is 0.0742. The van der Waals surface area contributed by atoms with Crippen molar-refractivity contribution in [1.82, 2.24) is 5.43 Å². The zero-order chi connectivity index (χ0) is 14.4. The number of nitrogens with two attached hydrogens (primary N) is 1. The van der Waals surface area contributed by atoms with E-state index in [-0.39, 0.29) is 17.7 Å². The number of primary amides is 1. The summed E-state index contributed by atoms with van der Waals surface area (Å²) in [5, 5.41) is 14.2. The van der Waals surface area contributed by atoms with Crippen LogP contribution in [0.25, 0.3) is 0 Å². The lowest BCUT2D eigenvalue weighted by Gasteiger charge is -2.01. The molecule has 0 aliphatic carbocycles. The fourth-order valence-electron chi connectivity index (χ4n) is 1.26. The number of nitro benzene ring substituents is 1. The third-order valence-electron chi connectivity index (χ3n) is 2.10. The van der Waals surface area contributed by atoms with Gasteiger partial charge in [-0.2, -0.15) is 5.10 Å². The van der Waals surface area contributed by atoms with E-state index in [9.17, 15) is 19.7 Å². The van der Waals surface area contributed by atoms with Gasteiger partial charge in [0.2, 0.25) is 5.91 Å². The molecular weight excluding hydrogens is 252 g/mol. The highest BCUT2D eigenvalue weighted by atomic mass is 16.6. The molecule has 19 heavy (non-hydrogen) atoms. The Labute approximate surface area is 108 Å². The Balaban J connectivity index is 2.76. The first-order valence-electron chi connectivity index (χ1n) is 5.26. The highest BCUT2D eigenvalue weighted by Gasteiger charge is 2.11. The van der Waals surface area contributed by atoms with E-state index >= 15 is 0 Å². The van der Waals surface area contributed by atoms with Gasteiger partial charge in [-0.1, -0.05) is 6.07 Å². The molecule has 0 spiro atoms. The van der Waals surface area contributed by atoms with Crippen LogP contribution in [0.1, 0.15) is 23.7 Å². The van der Waals surface area contributed by atoms with Crippen molar-refractivity contribution in [2.45, 2.75) is 13.3 Å². The van der Waals surface area contributed by atoms with Crippen LogP contribution in [0.5, 0.6) is 0 Å². The first kappa shape index (κ1) is 14.3. The number of nitro groups is 1. The Morgan fingerprint density at radius 3 is 2.74 bits per heavy atom. The zero-order valence-electron chi connectivity index (χ0n) is 10.1. The van der Waals surface area contributed by atoms with Gasteiger partial charge in [-0.05, 0) is 13.0 Å². The molecule has 0 heterocycles. The predicted octanol–water partition coefficient (Wildman–Crippen LogP) is 0.576. The van der Waals surface area contributed by atoms with Gasteiger partial charge < -0.3 is 5.73 Å². The maximum absolute atomic E-state index is 11.7. The van der Waals surface area contributed by atoms with E-state index < -0.39 is 16.7 Å². The van der Waals surface area contributed by atoms with E-state index in [0.29, 0.717) is 5.71 Å². The second-order valence-corrected chi connectivity index (χ2v) is 3.74. The van der Waals surface area contributed by atoms with Crippen LogP contribution < -0.4 is 11.2 Å². The fraction of sp³-hybridized carbons (Fsp3) is 0.182. The van der Waals surface area contributed by atoms with Crippen molar-refractivity contribution >= 4 is 23.2 Å². The van der Waals surface area contributed by atoms with Crippen molar-refractivity contribution in [2.24, 2.45) is 10.8 Å². The molecule has 1 rings (SSSR count). The molecule has 2 amide bonds. The number of hydrazone groups is 1. The lowest BCUT2D eigenvalue weighted by Crippen LogP contribution is -2.21. The Hall–Kier alpha value is -2.77. The monoisotopic (exact) mass is 264 g/mol. The summed E-state index contributed by atoms with van der Waals surface area (Å²) in [5.74, 6) is -1.17. The van der Waals surface area contributed by atoms with Crippen molar-refractivity contribution < 1.29 is 14.5 Å². The molecule has 8 nitrogen and oxygen atoms in total. The summed E-state index contributed by atoms with van der Waals surface area (Å²) in [6.07, 6.45) is -0.0742. The number of nitrogens with one attached hydrogen (secondary N) is 1. The number of rotatable bonds is 5. The van der Waals surface area contributed by atoms with E-state index in [1.54, 1.807) is 0 Å². The standard InChI is InChI=1S/C11H12N4O4/c1-7(5-10(12)16)13-14-11(17)8-3-2-4-9(6-8)15(18)19/h2-4,6H,5H2,1H3,(H2,12,16)(H,14,17)/b13-7+. The quantitative estimate of drug-likeness (QED) is 0.457. The van der Waals surface area contributed by atoms with Gasteiger partial charge in [-0.25, -0.2) is 5.43 Å². The number of hydrogen-bond donors (Lipinski definition) is 2. The lowest BCUT2D eigenvalue weighted by molar-refractivity contribution is -0.384. The molecule has 100 valence electrons. The smallest absolute Gasteiger partial charge is 0.271 e. The molecule has 0 aliphatic heterocycles. The Bertz CT molecular complexity index is 553. The van der Waals surface area contributed by atoms with E-state index in [4.69, 9.17) is 5.73 Å². The topological polar surface area (TPSA) is 128 Å². The van der Waals surface area contributed by atoms with Gasteiger partial charge in [0, 0.05) is 23.4 Å². The SMILES string of the molecule is C/C(CC(N)=O)=N\NC(=O)c1cccc([N+](=O)[O-])c1. The summed E-state index contributed by atoms with van der Waals surface area (Å²) < 4.78 is 0. The van der Waals surface area contributed by atoms with Gasteiger partial charge in [0.05, 0.1) is 11.3 Å². The van der Waals surface area contributed by atoms with Crippen LogP contribution in [0.15, 0.2) is 29.4 Å². The van der Waals surface area contributed by atoms with Gasteiger partial charge in [0.15, 0.2) is 0 Å². The molecule has 1 aromatic carbocycles. The number of non-ortho nitro benzene ring substituents is 1. The number of carbonyl (C=O) groups excluding carboxylic acids is 2.